The molecule has 1 aliphatic heterocycles. The summed E-state index contributed by atoms with van der Waals surface area (Å²) >= 11 is 0. The number of piperidine rings is 1. The van der Waals surface area contributed by atoms with Crippen LogP contribution in [0.2, 0.25) is 0 Å². The third-order valence-electron chi connectivity index (χ3n) is 5.91. The second-order valence-electron chi connectivity index (χ2n) is 9.70. The summed E-state index contributed by atoms with van der Waals surface area (Å²) in [6.45, 7) is 7.46. The van der Waals surface area contributed by atoms with Gasteiger partial charge in [0.2, 0.25) is 0 Å². The molecule has 0 saturated carbocycles. The third kappa shape index (κ3) is 6.23. The van der Waals surface area contributed by atoms with Gasteiger partial charge in [-0.25, -0.2) is 14.3 Å². The Hall–Kier alpha value is -3.75. The zero-order valence-electron chi connectivity index (χ0n) is 20.6. The van der Waals surface area contributed by atoms with Gasteiger partial charge in [-0.15, -0.1) is 5.10 Å². The Morgan fingerprint density at radius 2 is 1.89 bits per heavy atom. The number of likely N-dealkylation sites (tertiary alicyclic amines) is 1. The quantitative estimate of drug-likeness (QED) is 0.506. The van der Waals surface area contributed by atoms with Crippen LogP contribution in [0.25, 0.3) is 11.3 Å². The van der Waals surface area contributed by atoms with Crippen LogP contribution in [0.3, 0.4) is 0 Å². The molecule has 0 bridgehead atoms. The van der Waals surface area contributed by atoms with Crippen molar-refractivity contribution in [2.24, 2.45) is 0 Å². The van der Waals surface area contributed by atoms with Crippen LogP contribution in [-0.2, 0) is 16.0 Å². The van der Waals surface area contributed by atoms with Gasteiger partial charge in [-0.1, -0.05) is 23.4 Å². The van der Waals surface area contributed by atoms with Gasteiger partial charge in [0.1, 0.15) is 11.3 Å². The molecule has 4 rings (SSSR count). The lowest BCUT2D eigenvalue weighted by molar-refractivity contribution is 0.0204. The van der Waals surface area contributed by atoms with Crippen LogP contribution in [0.4, 0.5) is 4.79 Å². The molecule has 3 aromatic rings. The molecule has 9 nitrogen and oxygen atoms in total. The van der Waals surface area contributed by atoms with Crippen molar-refractivity contribution in [2.45, 2.75) is 51.7 Å². The molecule has 1 aliphatic rings. The Morgan fingerprint density at radius 3 is 2.54 bits per heavy atom. The predicted octanol–water partition coefficient (Wildman–Crippen LogP) is 4.29. The smallest absolute Gasteiger partial charge is 0.410 e. The molecule has 0 unspecified atom stereocenters. The van der Waals surface area contributed by atoms with Gasteiger partial charge in [0.15, 0.2) is 0 Å². The number of methoxy groups -OCH3 is 1. The molecule has 1 aromatic carbocycles. The Morgan fingerprint density at radius 1 is 1.11 bits per heavy atom. The topological polar surface area (TPSA) is 99.4 Å². The zero-order chi connectivity index (χ0) is 25.0. The number of hydrogen-bond acceptors (Lipinski definition) is 7. The molecule has 0 spiro atoms. The highest BCUT2D eigenvalue weighted by Crippen LogP contribution is 2.31. The second-order valence-corrected chi connectivity index (χ2v) is 9.70. The second kappa shape index (κ2) is 10.2. The summed E-state index contributed by atoms with van der Waals surface area (Å²) in [5, 5.41) is 8.58. The molecule has 1 saturated heterocycles. The first-order chi connectivity index (χ1) is 16.7. The minimum absolute atomic E-state index is 0.240. The van der Waals surface area contributed by atoms with E-state index in [2.05, 4.69) is 27.4 Å². The molecular formula is C26H31N5O4. The molecule has 184 valence electrons. The van der Waals surface area contributed by atoms with Crippen molar-refractivity contribution in [3.05, 3.63) is 65.6 Å². The first-order valence-electron chi connectivity index (χ1n) is 11.7. The first-order valence-corrected chi connectivity index (χ1v) is 11.7. The summed E-state index contributed by atoms with van der Waals surface area (Å²) in [5.41, 5.74) is 3.70. The van der Waals surface area contributed by atoms with Gasteiger partial charge in [-0.3, -0.25) is 4.98 Å². The maximum atomic E-state index is 12.4. The molecule has 1 fully saturated rings. The Balaban J connectivity index is 1.38. The van der Waals surface area contributed by atoms with E-state index in [1.165, 1.54) is 18.9 Å². The average molecular weight is 478 g/mol. The Bertz CT molecular complexity index is 1170. The minimum Gasteiger partial charge on any atom is -0.465 e. The molecule has 0 N–H and O–H groups in total. The van der Waals surface area contributed by atoms with Crippen molar-refractivity contribution in [3.8, 4) is 11.3 Å². The number of amides is 1. The number of carbonyl (C=O) groups is 2. The molecule has 35 heavy (non-hydrogen) atoms. The Kier molecular flexibility index (Phi) is 7.14. The van der Waals surface area contributed by atoms with Crippen molar-refractivity contribution in [1.29, 1.82) is 0 Å². The normalized spacial score (nSPS) is 14.6. The van der Waals surface area contributed by atoms with Crippen molar-refractivity contribution in [3.63, 3.8) is 0 Å². The SMILES string of the molecule is COC(=O)c1ccc(Cn2cc(-c3cccc(C4CCN(C(=O)OC(C)(C)C)CC4)c3)nn2)nc1. The number of benzene rings is 1. The van der Waals surface area contributed by atoms with E-state index in [1.54, 1.807) is 21.7 Å². The highest BCUT2D eigenvalue weighted by molar-refractivity contribution is 5.88. The van der Waals surface area contributed by atoms with E-state index >= 15 is 0 Å². The van der Waals surface area contributed by atoms with Crippen molar-refractivity contribution >= 4 is 12.1 Å². The summed E-state index contributed by atoms with van der Waals surface area (Å²) in [5.74, 6) is -0.0382. The zero-order valence-corrected chi connectivity index (χ0v) is 20.6. The number of hydrogen-bond donors (Lipinski definition) is 0. The van der Waals surface area contributed by atoms with Crippen LogP contribution in [0, 0.1) is 0 Å². The van der Waals surface area contributed by atoms with Crippen LogP contribution in [0.1, 0.15) is 61.1 Å². The molecule has 2 aromatic heterocycles. The lowest BCUT2D eigenvalue weighted by atomic mass is 9.88. The highest BCUT2D eigenvalue weighted by Gasteiger charge is 2.27. The van der Waals surface area contributed by atoms with Gasteiger partial charge in [0.25, 0.3) is 0 Å². The van der Waals surface area contributed by atoms with E-state index in [9.17, 15) is 9.59 Å². The molecule has 3 heterocycles. The number of rotatable bonds is 5. The van der Waals surface area contributed by atoms with E-state index in [-0.39, 0.29) is 6.09 Å². The molecule has 0 aliphatic carbocycles. The van der Waals surface area contributed by atoms with Crippen molar-refractivity contribution < 1.29 is 19.1 Å². The number of carbonyl (C=O) groups excluding carboxylic acids is 2. The lowest BCUT2D eigenvalue weighted by Gasteiger charge is -2.33. The number of ether oxygens (including phenoxy) is 2. The minimum atomic E-state index is -0.484. The van der Waals surface area contributed by atoms with E-state index in [4.69, 9.17) is 9.47 Å². The van der Waals surface area contributed by atoms with Crippen molar-refractivity contribution in [2.75, 3.05) is 20.2 Å². The summed E-state index contributed by atoms with van der Waals surface area (Å²) < 4.78 is 11.9. The molecule has 9 heteroatoms. The summed E-state index contributed by atoms with van der Waals surface area (Å²) in [4.78, 5) is 30.0. The van der Waals surface area contributed by atoms with Gasteiger partial charge in [0.05, 0.1) is 31.1 Å². The van der Waals surface area contributed by atoms with Crippen molar-refractivity contribution in [1.82, 2.24) is 24.9 Å². The van der Waals surface area contributed by atoms with Gasteiger partial charge in [-0.2, -0.15) is 0 Å². The monoisotopic (exact) mass is 477 g/mol. The fourth-order valence-corrected chi connectivity index (χ4v) is 4.10. The van der Waals surface area contributed by atoms with E-state index < -0.39 is 11.6 Å². The van der Waals surface area contributed by atoms with Gasteiger partial charge in [0, 0.05) is 24.8 Å². The van der Waals surface area contributed by atoms with Gasteiger partial charge >= 0.3 is 12.1 Å². The van der Waals surface area contributed by atoms with Crippen LogP contribution >= 0.6 is 0 Å². The third-order valence-corrected chi connectivity index (χ3v) is 5.91. The lowest BCUT2D eigenvalue weighted by Crippen LogP contribution is -2.41. The van der Waals surface area contributed by atoms with Crippen LogP contribution in [0.5, 0.6) is 0 Å². The summed E-state index contributed by atoms with van der Waals surface area (Å²) in [6, 6.07) is 11.8. The summed E-state index contributed by atoms with van der Waals surface area (Å²) in [6.07, 6.45) is 4.93. The largest absolute Gasteiger partial charge is 0.465 e. The Labute approximate surface area is 205 Å². The number of nitrogens with zero attached hydrogens (tertiary/aromatic N) is 5. The van der Waals surface area contributed by atoms with E-state index in [1.807, 2.05) is 39.1 Å². The molecule has 0 atom stereocenters. The van der Waals surface area contributed by atoms with Crippen LogP contribution in [-0.4, -0.2) is 62.7 Å². The predicted molar refractivity (Wildman–Crippen MR) is 130 cm³/mol. The average Bonchev–Trinajstić information content (AvgIpc) is 3.32. The first kappa shape index (κ1) is 24.4. The fraction of sp³-hybridized carbons (Fsp3) is 0.423. The molecule has 0 radical (unpaired) electrons. The highest BCUT2D eigenvalue weighted by atomic mass is 16.6. The number of aromatic nitrogens is 4. The van der Waals surface area contributed by atoms with Crippen LogP contribution < -0.4 is 0 Å². The standard InChI is InChI=1S/C26H31N5O4/c1-26(2,3)35-25(33)30-12-10-18(11-13-30)19-6-5-7-20(14-19)23-17-31(29-28-23)16-22-9-8-21(15-27-22)24(32)34-4/h5-9,14-15,17-18H,10-13,16H2,1-4H3. The van der Waals surface area contributed by atoms with Gasteiger partial charge in [-0.05, 0) is 63.3 Å². The van der Waals surface area contributed by atoms with Gasteiger partial charge < -0.3 is 14.4 Å². The summed E-state index contributed by atoms with van der Waals surface area (Å²) in [7, 11) is 1.34. The van der Waals surface area contributed by atoms with Crippen LogP contribution in [0.15, 0.2) is 48.8 Å². The number of pyridine rings is 1. The number of esters is 1. The molecular weight excluding hydrogens is 446 g/mol. The molecule has 1 amide bonds. The maximum absolute atomic E-state index is 12.4. The van der Waals surface area contributed by atoms with E-state index in [0.717, 1.165) is 29.8 Å². The van der Waals surface area contributed by atoms with E-state index in [0.29, 0.717) is 31.1 Å². The maximum Gasteiger partial charge on any atom is 0.410 e. The fourth-order valence-electron chi connectivity index (χ4n) is 4.10.